The Bertz CT molecular complexity index is 956. The van der Waals surface area contributed by atoms with Gasteiger partial charge in [-0.15, -0.1) is 0 Å². The van der Waals surface area contributed by atoms with Crippen molar-refractivity contribution in [1.82, 2.24) is 4.57 Å². The van der Waals surface area contributed by atoms with Gasteiger partial charge in [0, 0.05) is 11.6 Å². The summed E-state index contributed by atoms with van der Waals surface area (Å²) in [5.74, 6) is 0.472. The first-order valence-corrected chi connectivity index (χ1v) is 9.63. The van der Waals surface area contributed by atoms with E-state index < -0.39 is 37.3 Å². The maximum Gasteiger partial charge on any atom is 0.229 e. The first-order chi connectivity index (χ1) is 14.0. The van der Waals surface area contributed by atoms with E-state index in [1.54, 1.807) is 6.07 Å². The molecule has 29 heavy (non-hydrogen) atoms. The summed E-state index contributed by atoms with van der Waals surface area (Å²) in [6, 6.07) is 17.6. The van der Waals surface area contributed by atoms with E-state index in [9.17, 15) is 20.4 Å². The van der Waals surface area contributed by atoms with Gasteiger partial charge in [0.15, 0.2) is 0 Å². The first-order valence-electron chi connectivity index (χ1n) is 9.63. The highest BCUT2D eigenvalue weighted by Gasteiger charge is 2.44. The summed E-state index contributed by atoms with van der Waals surface area (Å²) < 4.78 is 13.5. The molecule has 0 spiro atoms. The lowest BCUT2D eigenvalue weighted by Gasteiger charge is -2.39. The molecule has 1 aliphatic rings. The quantitative estimate of drug-likeness (QED) is 0.518. The number of para-hydroxylation sites is 1. The molecule has 0 bridgehead atoms. The molecule has 0 aliphatic carbocycles. The van der Waals surface area contributed by atoms with Crippen LogP contribution in [-0.2, 0) is 4.74 Å². The van der Waals surface area contributed by atoms with Gasteiger partial charge in [-0.1, -0.05) is 42.5 Å². The standard InChI is InChI=1S/C22H25NO6/c1-13(14-6-3-2-4-7-14)23-11-10-15-8-5-9-16(18(15)23)28-22-21(27)20(26)19(25)17(12-24)29-22/h2-11,13,17,19-22,24-27H,12H2,1H3/t13?,17-,19-,20+,21-,22-/m1/s1. The van der Waals surface area contributed by atoms with Crippen LogP contribution in [0.5, 0.6) is 5.75 Å². The van der Waals surface area contributed by atoms with E-state index in [4.69, 9.17) is 9.47 Å². The molecule has 7 nitrogen and oxygen atoms in total. The molecule has 7 heteroatoms. The molecule has 4 rings (SSSR count). The molecule has 2 aromatic carbocycles. The van der Waals surface area contributed by atoms with Crippen LogP contribution < -0.4 is 4.74 Å². The third-order valence-corrected chi connectivity index (χ3v) is 5.49. The number of rotatable bonds is 5. The fourth-order valence-electron chi connectivity index (χ4n) is 3.79. The van der Waals surface area contributed by atoms with Crippen molar-refractivity contribution in [2.24, 2.45) is 0 Å². The van der Waals surface area contributed by atoms with Gasteiger partial charge in [-0.25, -0.2) is 0 Å². The van der Waals surface area contributed by atoms with Crippen molar-refractivity contribution in [3.05, 3.63) is 66.4 Å². The Labute approximate surface area is 168 Å². The largest absolute Gasteiger partial charge is 0.460 e. The van der Waals surface area contributed by atoms with Crippen molar-refractivity contribution in [1.29, 1.82) is 0 Å². The van der Waals surface area contributed by atoms with Gasteiger partial charge in [0.1, 0.15) is 30.2 Å². The third kappa shape index (κ3) is 3.63. The lowest BCUT2D eigenvalue weighted by Crippen LogP contribution is -2.60. The van der Waals surface area contributed by atoms with Crippen LogP contribution in [0.3, 0.4) is 0 Å². The van der Waals surface area contributed by atoms with Crippen molar-refractivity contribution in [3.63, 3.8) is 0 Å². The number of ether oxygens (including phenoxy) is 2. The van der Waals surface area contributed by atoms with Crippen molar-refractivity contribution in [2.45, 2.75) is 43.7 Å². The van der Waals surface area contributed by atoms with Crippen LogP contribution in [0.2, 0.25) is 0 Å². The van der Waals surface area contributed by atoms with Gasteiger partial charge in [0.2, 0.25) is 6.29 Å². The fourth-order valence-corrected chi connectivity index (χ4v) is 3.79. The molecule has 1 aromatic heterocycles. The van der Waals surface area contributed by atoms with Crippen LogP contribution >= 0.6 is 0 Å². The van der Waals surface area contributed by atoms with Crippen molar-refractivity contribution in [3.8, 4) is 5.75 Å². The number of hydrogen-bond donors (Lipinski definition) is 4. The molecule has 0 radical (unpaired) electrons. The van der Waals surface area contributed by atoms with E-state index in [-0.39, 0.29) is 6.04 Å². The topological polar surface area (TPSA) is 104 Å². The predicted octanol–water partition coefficient (Wildman–Crippen LogP) is 1.43. The zero-order valence-corrected chi connectivity index (χ0v) is 16.0. The third-order valence-electron chi connectivity index (χ3n) is 5.49. The Balaban J connectivity index is 1.69. The van der Waals surface area contributed by atoms with E-state index in [2.05, 4.69) is 23.6 Å². The number of fused-ring (bicyclic) bond motifs is 1. The summed E-state index contributed by atoms with van der Waals surface area (Å²) in [6.07, 6.45) is -4.65. The fraction of sp³-hybridized carbons (Fsp3) is 0.364. The van der Waals surface area contributed by atoms with Crippen molar-refractivity contribution in [2.75, 3.05) is 6.61 Å². The second kappa shape index (κ2) is 8.14. The molecular formula is C22H25NO6. The molecule has 1 aliphatic heterocycles. The maximum absolute atomic E-state index is 10.3. The van der Waals surface area contributed by atoms with E-state index in [0.29, 0.717) is 5.75 Å². The molecule has 154 valence electrons. The number of aromatic nitrogens is 1. The Morgan fingerprint density at radius 1 is 0.966 bits per heavy atom. The Kier molecular flexibility index (Phi) is 5.58. The minimum Gasteiger partial charge on any atom is -0.460 e. The molecule has 4 N–H and O–H groups in total. The molecule has 2 heterocycles. The van der Waals surface area contributed by atoms with Crippen LogP contribution in [0.15, 0.2) is 60.8 Å². The van der Waals surface area contributed by atoms with E-state index in [0.717, 1.165) is 16.5 Å². The van der Waals surface area contributed by atoms with Crippen LogP contribution in [-0.4, -0.2) is 62.3 Å². The first kappa shape index (κ1) is 19.9. The summed E-state index contributed by atoms with van der Waals surface area (Å²) in [5.41, 5.74) is 1.95. The second-order valence-electron chi connectivity index (χ2n) is 7.32. The molecule has 0 saturated carbocycles. The van der Waals surface area contributed by atoms with Crippen LogP contribution in [0.25, 0.3) is 10.9 Å². The molecule has 0 amide bonds. The summed E-state index contributed by atoms with van der Waals surface area (Å²) in [5, 5.41) is 40.7. The van der Waals surface area contributed by atoms with Gasteiger partial charge in [-0.05, 0) is 24.6 Å². The number of aliphatic hydroxyl groups is 4. The maximum atomic E-state index is 10.3. The van der Waals surface area contributed by atoms with Gasteiger partial charge in [0.25, 0.3) is 0 Å². The van der Waals surface area contributed by atoms with E-state index in [1.807, 2.05) is 42.6 Å². The van der Waals surface area contributed by atoms with Crippen LogP contribution in [0.1, 0.15) is 18.5 Å². The Morgan fingerprint density at radius 3 is 2.45 bits per heavy atom. The average molecular weight is 399 g/mol. The SMILES string of the molecule is CC(c1ccccc1)n1ccc2cccc(O[C@@H]3O[C@H](CO)[C@@H](O)[C@H](O)[C@H]3O)c21. The summed E-state index contributed by atoms with van der Waals surface area (Å²) in [4.78, 5) is 0. The highest BCUT2D eigenvalue weighted by molar-refractivity contribution is 5.86. The van der Waals surface area contributed by atoms with E-state index >= 15 is 0 Å². The highest BCUT2D eigenvalue weighted by atomic mass is 16.7. The van der Waals surface area contributed by atoms with Gasteiger partial charge in [-0.3, -0.25) is 0 Å². The van der Waals surface area contributed by atoms with E-state index in [1.165, 1.54) is 0 Å². The number of aliphatic hydroxyl groups excluding tert-OH is 4. The van der Waals surface area contributed by atoms with Gasteiger partial charge < -0.3 is 34.5 Å². The predicted molar refractivity (Wildman–Crippen MR) is 107 cm³/mol. The number of benzene rings is 2. The number of hydrogen-bond acceptors (Lipinski definition) is 6. The lowest BCUT2D eigenvalue weighted by molar-refractivity contribution is -0.277. The molecule has 3 aromatic rings. The smallest absolute Gasteiger partial charge is 0.229 e. The zero-order chi connectivity index (χ0) is 20.5. The lowest BCUT2D eigenvalue weighted by atomic mass is 9.99. The van der Waals surface area contributed by atoms with Gasteiger partial charge in [0.05, 0.1) is 18.2 Å². The Morgan fingerprint density at radius 2 is 1.72 bits per heavy atom. The van der Waals surface area contributed by atoms with Gasteiger partial charge >= 0.3 is 0 Å². The summed E-state index contributed by atoms with van der Waals surface area (Å²) >= 11 is 0. The summed E-state index contributed by atoms with van der Waals surface area (Å²) in [7, 11) is 0. The minimum absolute atomic E-state index is 0.0354. The second-order valence-corrected chi connectivity index (χ2v) is 7.32. The summed E-state index contributed by atoms with van der Waals surface area (Å²) in [6.45, 7) is 1.58. The molecular weight excluding hydrogens is 374 g/mol. The van der Waals surface area contributed by atoms with Crippen LogP contribution in [0.4, 0.5) is 0 Å². The van der Waals surface area contributed by atoms with Crippen molar-refractivity contribution < 1.29 is 29.9 Å². The van der Waals surface area contributed by atoms with Gasteiger partial charge in [-0.2, -0.15) is 0 Å². The molecule has 6 atom stereocenters. The molecule has 1 unspecified atom stereocenters. The molecule has 1 saturated heterocycles. The van der Waals surface area contributed by atoms with Crippen LogP contribution in [0, 0.1) is 0 Å². The number of nitrogens with zero attached hydrogens (tertiary/aromatic N) is 1. The zero-order valence-electron chi connectivity index (χ0n) is 16.0. The Hall–Kier alpha value is -2.42. The highest BCUT2D eigenvalue weighted by Crippen LogP contribution is 2.33. The average Bonchev–Trinajstić information content (AvgIpc) is 3.19. The minimum atomic E-state index is -1.49. The monoisotopic (exact) mass is 399 g/mol. The normalized spacial score (nSPS) is 28.4. The van der Waals surface area contributed by atoms with Crippen molar-refractivity contribution >= 4 is 10.9 Å². The molecule has 1 fully saturated rings.